The second kappa shape index (κ2) is 7.30. The summed E-state index contributed by atoms with van der Waals surface area (Å²) in [4.78, 5) is 19.2. The molecule has 1 aromatic heterocycles. The minimum Gasteiger partial charge on any atom is -0.452 e. The van der Waals surface area contributed by atoms with Gasteiger partial charge in [0.2, 0.25) is 0 Å². The monoisotopic (exact) mass is 377 g/mol. The normalized spacial score (nSPS) is 17.4. The molecule has 1 aliphatic heterocycles. The lowest BCUT2D eigenvalue weighted by molar-refractivity contribution is 0.175. The van der Waals surface area contributed by atoms with Crippen molar-refractivity contribution < 1.29 is 9.53 Å². The summed E-state index contributed by atoms with van der Waals surface area (Å²) in [6, 6.07) is 14.8. The molecule has 4 rings (SSSR count). The van der Waals surface area contributed by atoms with E-state index in [-0.39, 0.29) is 12.1 Å². The zero-order valence-electron chi connectivity index (χ0n) is 17.0. The molecule has 3 aromatic rings. The molecule has 0 radical (unpaired) electrons. The highest BCUT2D eigenvalue weighted by Gasteiger charge is 2.31. The Hall–Kier alpha value is -2.82. The van der Waals surface area contributed by atoms with Gasteiger partial charge in [0.05, 0.1) is 23.8 Å². The summed E-state index contributed by atoms with van der Waals surface area (Å²) in [6.07, 6.45) is 2.48. The van der Waals surface area contributed by atoms with Gasteiger partial charge in [-0.25, -0.2) is 9.78 Å². The van der Waals surface area contributed by atoms with Crippen molar-refractivity contribution in [3.05, 3.63) is 59.4 Å². The molecule has 0 spiro atoms. The quantitative estimate of drug-likeness (QED) is 0.657. The summed E-state index contributed by atoms with van der Waals surface area (Å²) in [5.41, 5.74) is 5.52. The second-order valence-corrected chi connectivity index (χ2v) is 7.78. The molecule has 0 fully saturated rings. The standard InChI is InChI=1S/C23H27N3O2/c1-15(14-17-8-6-5-7-9-17)22-24-21-18-11-10-16(2)26(23(27)28-4)19(18)12-13-20(21)25(22)3/h5-9,12-13,15-16H,10-11,14H2,1-4H3/t15-,16-/m0/s1. The SMILES string of the molecule is COC(=O)N1c2ccc3c(nc([C@@H](C)Cc4ccccc4)n3C)c2CC[C@@H]1C. The van der Waals surface area contributed by atoms with E-state index >= 15 is 0 Å². The van der Waals surface area contributed by atoms with Crippen LogP contribution in [0.25, 0.3) is 11.0 Å². The van der Waals surface area contributed by atoms with Gasteiger partial charge in [-0.1, -0.05) is 37.3 Å². The lowest BCUT2D eigenvalue weighted by Gasteiger charge is -2.34. The van der Waals surface area contributed by atoms with Gasteiger partial charge < -0.3 is 9.30 Å². The predicted octanol–water partition coefficient (Wildman–Crippen LogP) is 4.83. The van der Waals surface area contributed by atoms with Crippen LogP contribution in [0.1, 0.15) is 43.1 Å². The van der Waals surface area contributed by atoms with Crippen LogP contribution in [0.15, 0.2) is 42.5 Å². The van der Waals surface area contributed by atoms with Crippen LogP contribution >= 0.6 is 0 Å². The summed E-state index contributed by atoms with van der Waals surface area (Å²) in [5.74, 6) is 1.38. The number of aromatic nitrogens is 2. The number of hydrogen-bond donors (Lipinski definition) is 0. The number of ether oxygens (including phenoxy) is 1. The number of rotatable bonds is 3. The Morgan fingerprint density at radius 3 is 2.71 bits per heavy atom. The van der Waals surface area contributed by atoms with Gasteiger partial charge >= 0.3 is 6.09 Å². The lowest BCUT2D eigenvalue weighted by Crippen LogP contribution is -2.42. The number of carbonyl (C=O) groups is 1. The Balaban J connectivity index is 1.76. The number of carbonyl (C=O) groups excluding carboxylic acids is 1. The molecular formula is C23H27N3O2. The molecule has 2 atom stereocenters. The molecule has 1 aliphatic rings. The van der Waals surface area contributed by atoms with Crippen molar-refractivity contribution in [1.29, 1.82) is 0 Å². The molecule has 0 aliphatic carbocycles. The number of benzene rings is 2. The zero-order valence-corrected chi connectivity index (χ0v) is 17.0. The lowest BCUT2D eigenvalue weighted by atomic mass is 9.96. The third-order valence-electron chi connectivity index (χ3n) is 5.88. The number of anilines is 1. The van der Waals surface area contributed by atoms with Gasteiger partial charge in [-0.2, -0.15) is 0 Å². The van der Waals surface area contributed by atoms with Crippen molar-refractivity contribution in [3.8, 4) is 0 Å². The second-order valence-electron chi connectivity index (χ2n) is 7.78. The summed E-state index contributed by atoms with van der Waals surface area (Å²) >= 11 is 0. The van der Waals surface area contributed by atoms with E-state index in [9.17, 15) is 4.79 Å². The maximum atomic E-state index is 12.3. The number of nitrogens with zero attached hydrogens (tertiary/aromatic N) is 3. The van der Waals surface area contributed by atoms with Gasteiger partial charge in [-0.05, 0) is 43.9 Å². The molecule has 2 aromatic carbocycles. The molecule has 28 heavy (non-hydrogen) atoms. The van der Waals surface area contributed by atoms with Crippen LogP contribution in [0.3, 0.4) is 0 Å². The van der Waals surface area contributed by atoms with Crippen LogP contribution in [0, 0.1) is 0 Å². The molecular weight excluding hydrogens is 350 g/mol. The number of hydrogen-bond acceptors (Lipinski definition) is 3. The first kappa shape index (κ1) is 18.5. The minimum absolute atomic E-state index is 0.123. The molecule has 0 N–H and O–H groups in total. The number of amides is 1. The van der Waals surface area contributed by atoms with Crippen molar-refractivity contribution in [2.45, 2.75) is 45.1 Å². The fourth-order valence-electron chi connectivity index (χ4n) is 4.39. The number of methoxy groups -OCH3 is 1. The number of aryl methyl sites for hydroxylation is 2. The third kappa shape index (κ3) is 3.05. The Kier molecular flexibility index (Phi) is 4.84. The topological polar surface area (TPSA) is 47.4 Å². The van der Waals surface area contributed by atoms with Gasteiger partial charge in [-0.15, -0.1) is 0 Å². The van der Waals surface area contributed by atoms with E-state index < -0.39 is 0 Å². The minimum atomic E-state index is -0.304. The molecule has 5 nitrogen and oxygen atoms in total. The van der Waals surface area contributed by atoms with Gasteiger partial charge in [0.25, 0.3) is 0 Å². The third-order valence-corrected chi connectivity index (χ3v) is 5.88. The largest absolute Gasteiger partial charge is 0.452 e. The van der Waals surface area contributed by atoms with Gasteiger partial charge in [0.15, 0.2) is 0 Å². The van der Waals surface area contributed by atoms with Crippen molar-refractivity contribution >= 4 is 22.8 Å². The van der Waals surface area contributed by atoms with Crippen LogP contribution in [0.4, 0.5) is 10.5 Å². The van der Waals surface area contributed by atoms with Crippen LogP contribution in [-0.4, -0.2) is 28.8 Å². The van der Waals surface area contributed by atoms with Crippen LogP contribution < -0.4 is 4.90 Å². The van der Waals surface area contributed by atoms with E-state index in [2.05, 4.69) is 55.8 Å². The van der Waals surface area contributed by atoms with E-state index in [4.69, 9.17) is 9.72 Å². The highest BCUT2D eigenvalue weighted by Crippen LogP contribution is 2.37. The first-order valence-electron chi connectivity index (χ1n) is 9.90. The van der Waals surface area contributed by atoms with Gasteiger partial charge in [-0.3, -0.25) is 4.90 Å². The molecule has 0 saturated heterocycles. The Labute approximate surface area is 165 Å². The van der Waals surface area contributed by atoms with Crippen LogP contribution in [0.5, 0.6) is 0 Å². The van der Waals surface area contributed by atoms with E-state index in [0.29, 0.717) is 5.92 Å². The molecule has 0 saturated carbocycles. The Morgan fingerprint density at radius 2 is 2.00 bits per heavy atom. The van der Waals surface area contributed by atoms with Crippen molar-refractivity contribution in [2.75, 3.05) is 12.0 Å². The fraction of sp³-hybridized carbons (Fsp3) is 0.391. The first-order valence-corrected chi connectivity index (χ1v) is 9.90. The predicted molar refractivity (Wildman–Crippen MR) is 112 cm³/mol. The Morgan fingerprint density at radius 1 is 1.25 bits per heavy atom. The maximum absolute atomic E-state index is 12.3. The van der Waals surface area contributed by atoms with Crippen LogP contribution in [-0.2, 0) is 24.6 Å². The van der Waals surface area contributed by atoms with Crippen molar-refractivity contribution in [1.82, 2.24) is 9.55 Å². The molecule has 0 unspecified atom stereocenters. The zero-order chi connectivity index (χ0) is 19.8. The van der Waals surface area contributed by atoms with Crippen molar-refractivity contribution in [3.63, 3.8) is 0 Å². The smallest absolute Gasteiger partial charge is 0.414 e. The van der Waals surface area contributed by atoms with Crippen molar-refractivity contribution in [2.24, 2.45) is 7.05 Å². The van der Waals surface area contributed by atoms with E-state index in [0.717, 1.165) is 47.4 Å². The molecule has 5 heteroatoms. The molecule has 0 bridgehead atoms. The summed E-state index contributed by atoms with van der Waals surface area (Å²) < 4.78 is 7.22. The maximum Gasteiger partial charge on any atom is 0.414 e. The molecule has 146 valence electrons. The Bertz CT molecular complexity index is 1010. The summed E-state index contributed by atoms with van der Waals surface area (Å²) in [5, 5.41) is 0. The highest BCUT2D eigenvalue weighted by atomic mass is 16.5. The van der Waals surface area contributed by atoms with E-state index in [1.807, 2.05) is 12.1 Å². The average molecular weight is 377 g/mol. The van der Waals surface area contributed by atoms with Gasteiger partial charge in [0, 0.05) is 24.6 Å². The highest BCUT2D eigenvalue weighted by molar-refractivity contribution is 5.95. The number of fused-ring (bicyclic) bond motifs is 3. The summed E-state index contributed by atoms with van der Waals surface area (Å²) in [6.45, 7) is 4.29. The van der Waals surface area contributed by atoms with Gasteiger partial charge in [0.1, 0.15) is 5.82 Å². The van der Waals surface area contributed by atoms with E-state index in [1.54, 1.807) is 4.90 Å². The van der Waals surface area contributed by atoms with Crippen LogP contribution in [0.2, 0.25) is 0 Å². The summed E-state index contributed by atoms with van der Waals surface area (Å²) in [7, 11) is 3.52. The van der Waals surface area contributed by atoms with E-state index in [1.165, 1.54) is 12.7 Å². The fourth-order valence-corrected chi connectivity index (χ4v) is 4.39. The molecule has 2 heterocycles. The molecule has 1 amide bonds. The average Bonchev–Trinajstić information content (AvgIpc) is 3.05. The number of imidazole rings is 1. The first-order chi connectivity index (χ1) is 13.5.